The van der Waals surface area contributed by atoms with Crippen LogP contribution in [0, 0.1) is 0 Å². The van der Waals surface area contributed by atoms with Crippen molar-refractivity contribution in [2.45, 2.75) is 6.92 Å². The van der Waals surface area contributed by atoms with Crippen LogP contribution >= 0.6 is 0 Å². The van der Waals surface area contributed by atoms with Crippen molar-refractivity contribution < 1.29 is 9.53 Å². The number of H-pyrrole nitrogens is 1. The van der Waals surface area contributed by atoms with E-state index in [1.165, 1.54) is 4.57 Å². The van der Waals surface area contributed by atoms with E-state index in [9.17, 15) is 9.59 Å². The fraction of sp³-hybridized carbons (Fsp3) is 0.273. The summed E-state index contributed by atoms with van der Waals surface area (Å²) < 4.78 is 6.24. The molecule has 1 aromatic carbocycles. The van der Waals surface area contributed by atoms with E-state index in [2.05, 4.69) is 10.3 Å². The average molecular weight is 235 g/mol. The Morgan fingerprint density at radius 2 is 2.29 bits per heavy atom. The van der Waals surface area contributed by atoms with E-state index in [1.54, 1.807) is 32.2 Å². The molecule has 90 valence electrons. The third-order valence-electron chi connectivity index (χ3n) is 2.43. The highest BCUT2D eigenvalue weighted by Crippen LogP contribution is 2.16. The number of aryl methyl sites for hydroxylation is 1. The summed E-state index contributed by atoms with van der Waals surface area (Å²) >= 11 is 0. The lowest BCUT2D eigenvalue weighted by Gasteiger charge is -2.05. The summed E-state index contributed by atoms with van der Waals surface area (Å²) in [7, 11) is 1.66. The monoisotopic (exact) mass is 235 g/mol. The maximum absolute atomic E-state index is 11.4. The van der Waals surface area contributed by atoms with E-state index in [-0.39, 0.29) is 5.69 Å². The van der Waals surface area contributed by atoms with Crippen molar-refractivity contribution in [3.05, 3.63) is 28.7 Å². The van der Waals surface area contributed by atoms with Crippen LogP contribution in [0.5, 0.6) is 0 Å². The van der Waals surface area contributed by atoms with Gasteiger partial charge >= 0.3 is 11.8 Å². The van der Waals surface area contributed by atoms with Crippen molar-refractivity contribution in [3.8, 4) is 0 Å². The van der Waals surface area contributed by atoms with Gasteiger partial charge in [0.2, 0.25) is 0 Å². The zero-order valence-electron chi connectivity index (χ0n) is 9.61. The normalized spacial score (nSPS) is 10.5. The van der Waals surface area contributed by atoms with Gasteiger partial charge in [0.15, 0.2) is 0 Å². The Balaban J connectivity index is 2.34. The van der Waals surface area contributed by atoms with Crippen molar-refractivity contribution in [1.29, 1.82) is 0 Å². The van der Waals surface area contributed by atoms with Gasteiger partial charge in [-0.25, -0.2) is 9.59 Å². The van der Waals surface area contributed by atoms with Gasteiger partial charge in [-0.15, -0.1) is 0 Å². The van der Waals surface area contributed by atoms with Crippen LogP contribution in [0.25, 0.3) is 11.0 Å². The number of ether oxygens (including phenoxy) is 1. The van der Waals surface area contributed by atoms with Gasteiger partial charge in [-0.3, -0.25) is 9.88 Å². The van der Waals surface area contributed by atoms with Gasteiger partial charge in [0.1, 0.15) is 0 Å². The largest absolute Gasteiger partial charge is 0.450 e. The lowest BCUT2D eigenvalue weighted by molar-refractivity contribution is 0.168. The molecule has 6 nitrogen and oxygen atoms in total. The number of nitrogens with one attached hydrogen (secondary N) is 2. The molecule has 2 rings (SSSR count). The summed E-state index contributed by atoms with van der Waals surface area (Å²) in [5.41, 5.74) is 1.86. The summed E-state index contributed by atoms with van der Waals surface area (Å²) in [4.78, 5) is 25.3. The van der Waals surface area contributed by atoms with Gasteiger partial charge in [0.25, 0.3) is 0 Å². The van der Waals surface area contributed by atoms with E-state index in [0.717, 1.165) is 11.0 Å². The lowest BCUT2D eigenvalue weighted by Crippen LogP contribution is -2.13. The number of carbonyl (C=O) groups excluding carboxylic acids is 1. The van der Waals surface area contributed by atoms with Crippen LogP contribution in [0.1, 0.15) is 6.92 Å². The van der Waals surface area contributed by atoms with Gasteiger partial charge in [0, 0.05) is 12.7 Å². The Morgan fingerprint density at radius 3 is 3.00 bits per heavy atom. The summed E-state index contributed by atoms with van der Waals surface area (Å²) in [6.45, 7) is 2.05. The fourth-order valence-corrected chi connectivity index (χ4v) is 1.59. The molecule has 1 aromatic heterocycles. The molecule has 2 aromatic rings. The van der Waals surface area contributed by atoms with E-state index in [4.69, 9.17) is 4.74 Å². The van der Waals surface area contributed by atoms with Gasteiger partial charge in [-0.2, -0.15) is 0 Å². The number of benzene rings is 1. The first kappa shape index (κ1) is 11.3. The molecular weight excluding hydrogens is 222 g/mol. The van der Waals surface area contributed by atoms with Crippen molar-refractivity contribution in [2.24, 2.45) is 7.05 Å². The maximum atomic E-state index is 11.4. The third-order valence-corrected chi connectivity index (χ3v) is 2.43. The number of anilines is 1. The number of imidazole rings is 1. The van der Waals surface area contributed by atoms with Crippen LogP contribution in [-0.2, 0) is 11.8 Å². The smallest absolute Gasteiger partial charge is 0.411 e. The van der Waals surface area contributed by atoms with E-state index >= 15 is 0 Å². The molecule has 0 fully saturated rings. The minimum absolute atomic E-state index is 0.187. The van der Waals surface area contributed by atoms with Crippen LogP contribution in [0.3, 0.4) is 0 Å². The summed E-state index contributed by atoms with van der Waals surface area (Å²) in [6.07, 6.45) is -0.507. The molecule has 0 aliphatic rings. The molecule has 0 radical (unpaired) electrons. The lowest BCUT2D eigenvalue weighted by atomic mass is 10.3. The summed E-state index contributed by atoms with van der Waals surface area (Å²) in [5.74, 6) is 0. The SMILES string of the molecule is CCOC(=O)Nc1ccc2[nH]c(=O)n(C)c2c1. The molecule has 0 atom stereocenters. The Bertz CT molecular complexity index is 612. The summed E-state index contributed by atoms with van der Waals surface area (Å²) in [6, 6.07) is 5.15. The van der Waals surface area contributed by atoms with Crippen molar-refractivity contribution >= 4 is 22.8 Å². The second-order valence-corrected chi connectivity index (χ2v) is 3.57. The van der Waals surface area contributed by atoms with Gasteiger partial charge < -0.3 is 9.72 Å². The van der Waals surface area contributed by atoms with Crippen molar-refractivity contribution in [3.63, 3.8) is 0 Å². The van der Waals surface area contributed by atoms with Crippen LogP contribution in [0.2, 0.25) is 0 Å². The first-order valence-corrected chi connectivity index (χ1v) is 5.24. The first-order chi connectivity index (χ1) is 8.11. The Morgan fingerprint density at radius 1 is 1.53 bits per heavy atom. The number of aromatic nitrogens is 2. The number of amides is 1. The number of nitrogens with zero attached hydrogens (tertiary/aromatic N) is 1. The van der Waals surface area contributed by atoms with Crippen molar-refractivity contribution in [2.75, 3.05) is 11.9 Å². The molecule has 17 heavy (non-hydrogen) atoms. The highest BCUT2D eigenvalue weighted by molar-refractivity contribution is 5.88. The quantitative estimate of drug-likeness (QED) is 0.826. The van der Waals surface area contributed by atoms with Crippen LogP contribution in [0.15, 0.2) is 23.0 Å². The van der Waals surface area contributed by atoms with Gasteiger partial charge in [-0.1, -0.05) is 0 Å². The molecular formula is C11H13N3O3. The molecule has 0 aliphatic carbocycles. The van der Waals surface area contributed by atoms with E-state index in [1.807, 2.05) is 0 Å². The zero-order chi connectivity index (χ0) is 12.4. The summed E-state index contributed by atoms with van der Waals surface area (Å²) in [5, 5.41) is 2.58. The van der Waals surface area contributed by atoms with Gasteiger partial charge in [-0.05, 0) is 25.1 Å². The molecule has 0 saturated carbocycles. The molecule has 0 aliphatic heterocycles. The molecule has 0 bridgehead atoms. The van der Waals surface area contributed by atoms with Crippen LogP contribution in [-0.4, -0.2) is 22.3 Å². The number of rotatable bonds is 2. The molecule has 1 amide bonds. The van der Waals surface area contributed by atoms with Crippen LogP contribution in [0.4, 0.5) is 10.5 Å². The van der Waals surface area contributed by atoms with E-state index < -0.39 is 6.09 Å². The predicted octanol–water partition coefficient (Wildman–Crippen LogP) is 1.43. The van der Waals surface area contributed by atoms with Gasteiger partial charge in [0.05, 0.1) is 17.6 Å². The Labute approximate surface area is 97.2 Å². The molecule has 2 N–H and O–H groups in total. The number of hydrogen-bond acceptors (Lipinski definition) is 3. The zero-order valence-corrected chi connectivity index (χ0v) is 9.61. The molecule has 0 saturated heterocycles. The third kappa shape index (κ3) is 2.15. The number of fused-ring (bicyclic) bond motifs is 1. The second kappa shape index (κ2) is 4.32. The Kier molecular flexibility index (Phi) is 2.86. The molecule has 6 heteroatoms. The number of carbonyl (C=O) groups is 1. The van der Waals surface area contributed by atoms with Crippen LogP contribution < -0.4 is 11.0 Å². The minimum Gasteiger partial charge on any atom is -0.450 e. The number of hydrogen-bond donors (Lipinski definition) is 2. The van der Waals surface area contributed by atoms with E-state index in [0.29, 0.717) is 12.3 Å². The number of aromatic amines is 1. The standard InChI is InChI=1S/C11H13N3O3/c1-3-17-11(16)12-7-4-5-8-9(6-7)14(2)10(15)13-8/h4-6H,3H2,1-2H3,(H,12,16)(H,13,15). The highest BCUT2D eigenvalue weighted by atomic mass is 16.5. The predicted molar refractivity (Wildman–Crippen MR) is 64.2 cm³/mol. The second-order valence-electron chi connectivity index (χ2n) is 3.57. The molecule has 0 unspecified atom stereocenters. The fourth-order valence-electron chi connectivity index (χ4n) is 1.59. The minimum atomic E-state index is -0.507. The van der Waals surface area contributed by atoms with Crippen molar-refractivity contribution in [1.82, 2.24) is 9.55 Å². The molecule has 0 spiro atoms. The first-order valence-electron chi connectivity index (χ1n) is 5.24. The Hall–Kier alpha value is -2.24. The average Bonchev–Trinajstić information content (AvgIpc) is 2.56. The highest BCUT2D eigenvalue weighted by Gasteiger charge is 2.06. The topological polar surface area (TPSA) is 76.1 Å². The maximum Gasteiger partial charge on any atom is 0.411 e. The molecule has 1 heterocycles.